The van der Waals surface area contributed by atoms with E-state index in [1.54, 1.807) is 31.3 Å². The van der Waals surface area contributed by atoms with Crippen LogP contribution in [0.2, 0.25) is 0 Å². The maximum absolute atomic E-state index is 13.5. The van der Waals surface area contributed by atoms with E-state index >= 15 is 0 Å². The van der Waals surface area contributed by atoms with E-state index < -0.39 is 11.0 Å². The Morgan fingerprint density at radius 3 is 2.71 bits per heavy atom. The average molecular weight is 484 g/mol. The van der Waals surface area contributed by atoms with Gasteiger partial charge in [0.15, 0.2) is 15.9 Å². The lowest BCUT2D eigenvalue weighted by Gasteiger charge is -2.27. The molecular weight excluding hydrogens is 451 g/mol. The zero-order valence-electron chi connectivity index (χ0n) is 19.4. The molecule has 1 aliphatic heterocycles. The van der Waals surface area contributed by atoms with E-state index in [0.717, 1.165) is 48.6 Å². The summed E-state index contributed by atoms with van der Waals surface area (Å²) >= 11 is 0. The molecule has 9 heteroatoms. The van der Waals surface area contributed by atoms with E-state index in [1.165, 1.54) is 12.5 Å². The van der Waals surface area contributed by atoms with Gasteiger partial charge in [0.2, 0.25) is 5.95 Å². The number of nitrogens with zero attached hydrogens (tertiary/aromatic N) is 3. The Morgan fingerprint density at radius 2 is 1.94 bits per heavy atom. The highest BCUT2D eigenvalue weighted by Gasteiger charge is 2.28. The number of benzene rings is 2. The van der Waals surface area contributed by atoms with Crippen molar-refractivity contribution in [1.82, 2.24) is 14.3 Å². The molecule has 2 unspecified atom stereocenters. The molecule has 0 radical (unpaired) electrons. The summed E-state index contributed by atoms with van der Waals surface area (Å²) in [6.07, 6.45) is 6.05. The number of nitrogens with two attached hydrogens (primary N) is 1. The van der Waals surface area contributed by atoms with Crippen molar-refractivity contribution in [3.8, 4) is 0 Å². The first-order valence-electron chi connectivity index (χ1n) is 11.7. The van der Waals surface area contributed by atoms with Gasteiger partial charge in [0.25, 0.3) is 0 Å². The Kier molecular flexibility index (Phi) is 8.21. The maximum Gasteiger partial charge on any atom is 0.229 e. The lowest BCUT2D eigenvalue weighted by molar-refractivity contribution is 0.261. The minimum atomic E-state index is -1.59. The summed E-state index contributed by atoms with van der Waals surface area (Å²) in [4.78, 5) is 9.57. The number of thiol groups is 1. The molecule has 0 saturated carbocycles. The van der Waals surface area contributed by atoms with Crippen molar-refractivity contribution in [2.45, 2.75) is 37.5 Å². The van der Waals surface area contributed by atoms with Gasteiger partial charge in [-0.15, -0.1) is 4.31 Å². The summed E-state index contributed by atoms with van der Waals surface area (Å²) in [5.74, 6) is 1.36. The molecule has 0 amide bonds. The second-order valence-corrected chi connectivity index (χ2v) is 10.3. The second-order valence-electron chi connectivity index (χ2n) is 8.65. The Hall–Kier alpha value is -2.88. The fourth-order valence-electron chi connectivity index (χ4n) is 4.17. The normalized spacial score (nSPS) is 17.3. The minimum absolute atomic E-state index is 0.243. The molecule has 0 bridgehead atoms. The number of nitrogens with one attached hydrogen (secondary N) is 2. The third-order valence-electron chi connectivity index (χ3n) is 6.00. The van der Waals surface area contributed by atoms with Gasteiger partial charge in [0, 0.05) is 30.7 Å². The van der Waals surface area contributed by atoms with Crippen molar-refractivity contribution < 1.29 is 8.60 Å². The Balaban J connectivity index is 1.37. The molecule has 4 N–H and O–H groups in total. The zero-order chi connectivity index (χ0) is 23.9. The third-order valence-corrected chi connectivity index (χ3v) is 7.62. The van der Waals surface area contributed by atoms with Crippen LogP contribution in [-0.2, 0) is 15.2 Å². The summed E-state index contributed by atoms with van der Waals surface area (Å²) < 4.78 is 28.7. The van der Waals surface area contributed by atoms with Gasteiger partial charge in [-0.3, -0.25) is 0 Å². The van der Waals surface area contributed by atoms with Crippen molar-refractivity contribution in [3.05, 3.63) is 66.1 Å². The summed E-state index contributed by atoms with van der Waals surface area (Å²) in [5, 5.41) is 6.35. The van der Waals surface area contributed by atoms with Crippen LogP contribution >= 0.6 is 0 Å². The number of anilines is 4. The van der Waals surface area contributed by atoms with Crippen molar-refractivity contribution >= 4 is 34.1 Å². The zero-order valence-corrected chi connectivity index (χ0v) is 20.3. The summed E-state index contributed by atoms with van der Waals surface area (Å²) in [6.45, 7) is 4.17. The molecule has 4 rings (SSSR count). The van der Waals surface area contributed by atoms with Gasteiger partial charge >= 0.3 is 0 Å². The SMILES string of the molecule is Cc1cc(Nc2ccnc(Nc3ccc([SH+](=O)N4CCCC(CCCN)C4)cc3)n2)ccc1F. The predicted octanol–water partition coefficient (Wildman–Crippen LogP) is 4.83. The number of aryl methyl sites for hydroxylation is 1. The van der Waals surface area contributed by atoms with Gasteiger partial charge in [0.05, 0.1) is 0 Å². The monoisotopic (exact) mass is 483 g/mol. The number of aromatic nitrogens is 2. The number of hydrogen-bond donors (Lipinski definition) is 3. The van der Waals surface area contributed by atoms with Crippen molar-refractivity contribution in [2.24, 2.45) is 11.7 Å². The fraction of sp³-hybridized carbons (Fsp3) is 0.360. The van der Waals surface area contributed by atoms with Gasteiger partial charge < -0.3 is 16.4 Å². The highest BCUT2D eigenvalue weighted by Crippen LogP contribution is 2.25. The summed E-state index contributed by atoms with van der Waals surface area (Å²) in [7, 11) is -1.59. The number of halogens is 1. The molecule has 1 aromatic heterocycles. The molecule has 2 heterocycles. The van der Waals surface area contributed by atoms with Crippen LogP contribution in [0.1, 0.15) is 31.2 Å². The number of rotatable bonds is 9. The van der Waals surface area contributed by atoms with Crippen LogP contribution in [0.15, 0.2) is 59.6 Å². The first-order chi connectivity index (χ1) is 16.5. The van der Waals surface area contributed by atoms with Crippen LogP contribution in [0.3, 0.4) is 0 Å². The highest BCUT2D eigenvalue weighted by atomic mass is 32.2. The third kappa shape index (κ3) is 6.37. The topological polar surface area (TPSA) is 96.2 Å². The summed E-state index contributed by atoms with van der Waals surface area (Å²) in [5.41, 5.74) is 7.77. The standard InChI is InChI=1S/C25H31FN6OS/c1-18-16-21(8-11-23(18)26)29-24-12-14-28-25(31-24)30-20-6-9-22(10-7-20)34(33)32-15-3-5-19(17-32)4-2-13-27/h6-12,14,16,19H,2-5,13,15,17,27H2,1H3,(H2,28,29,30,31)/p+1. The van der Waals surface area contributed by atoms with E-state index in [-0.39, 0.29) is 5.82 Å². The molecule has 1 aliphatic rings. The lowest BCUT2D eigenvalue weighted by Crippen LogP contribution is -2.36. The van der Waals surface area contributed by atoms with Crippen LogP contribution < -0.4 is 16.4 Å². The van der Waals surface area contributed by atoms with E-state index in [1.807, 2.05) is 24.3 Å². The Labute approximate surface area is 202 Å². The van der Waals surface area contributed by atoms with E-state index in [9.17, 15) is 8.60 Å². The first kappa shape index (κ1) is 24.3. The second kappa shape index (κ2) is 11.5. The van der Waals surface area contributed by atoms with Crippen molar-refractivity contribution in [3.63, 3.8) is 0 Å². The molecule has 34 heavy (non-hydrogen) atoms. The van der Waals surface area contributed by atoms with Crippen LogP contribution in [0.25, 0.3) is 0 Å². The first-order valence-corrected chi connectivity index (χ1v) is 12.9. The predicted molar refractivity (Wildman–Crippen MR) is 136 cm³/mol. The van der Waals surface area contributed by atoms with Gasteiger partial charge in [0.1, 0.15) is 11.6 Å². The van der Waals surface area contributed by atoms with Gasteiger partial charge in [-0.1, -0.05) is 4.21 Å². The molecule has 3 aromatic rings. The van der Waals surface area contributed by atoms with Gasteiger partial charge in [-0.05, 0) is 99.2 Å². The van der Waals surface area contributed by atoms with Crippen LogP contribution in [0.4, 0.5) is 27.5 Å². The van der Waals surface area contributed by atoms with Gasteiger partial charge in [-0.25, -0.2) is 9.37 Å². The van der Waals surface area contributed by atoms with Crippen LogP contribution in [0, 0.1) is 18.7 Å². The average Bonchev–Trinajstić information content (AvgIpc) is 2.85. The molecule has 1 fully saturated rings. The minimum Gasteiger partial charge on any atom is -0.340 e. The lowest BCUT2D eigenvalue weighted by atomic mass is 9.95. The number of piperidine rings is 1. The van der Waals surface area contributed by atoms with E-state index in [2.05, 4.69) is 24.9 Å². The molecule has 2 aromatic carbocycles. The largest absolute Gasteiger partial charge is 0.340 e. The highest BCUT2D eigenvalue weighted by molar-refractivity contribution is 7.82. The fourth-order valence-corrected chi connectivity index (χ4v) is 5.61. The van der Waals surface area contributed by atoms with Gasteiger partial charge in [-0.2, -0.15) is 4.98 Å². The Morgan fingerprint density at radius 1 is 1.15 bits per heavy atom. The quantitative estimate of drug-likeness (QED) is 0.298. The van der Waals surface area contributed by atoms with Crippen molar-refractivity contribution in [1.29, 1.82) is 0 Å². The molecular formula is C25H32FN6OS+. The smallest absolute Gasteiger partial charge is 0.229 e. The van der Waals surface area contributed by atoms with Crippen LogP contribution in [-0.4, -0.2) is 33.9 Å². The molecule has 2 atom stereocenters. The Bertz CT molecular complexity index is 1130. The van der Waals surface area contributed by atoms with E-state index in [4.69, 9.17) is 5.73 Å². The van der Waals surface area contributed by atoms with Crippen LogP contribution in [0.5, 0.6) is 0 Å². The van der Waals surface area contributed by atoms with Crippen molar-refractivity contribution in [2.75, 3.05) is 30.3 Å². The molecule has 180 valence electrons. The molecule has 7 nitrogen and oxygen atoms in total. The van der Waals surface area contributed by atoms with E-state index in [0.29, 0.717) is 29.8 Å². The summed E-state index contributed by atoms with van der Waals surface area (Å²) in [6, 6.07) is 14.2. The molecule has 1 saturated heterocycles. The maximum atomic E-state index is 13.5. The molecule has 0 spiro atoms. The molecule has 0 aliphatic carbocycles. The number of hydrogen-bond acceptors (Lipinski definition) is 6.